The van der Waals surface area contributed by atoms with Crippen molar-refractivity contribution in [1.29, 1.82) is 0 Å². The molecule has 0 saturated heterocycles. The molecule has 0 bridgehead atoms. The number of para-hydroxylation sites is 1. The van der Waals surface area contributed by atoms with Crippen molar-refractivity contribution >= 4 is 39.0 Å². The summed E-state index contributed by atoms with van der Waals surface area (Å²) in [5.74, 6) is 2.10. The number of aliphatic imine (C=N–C) groups is 1. The molecule has 0 spiro atoms. The lowest BCUT2D eigenvalue weighted by Crippen LogP contribution is -2.42. The third-order valence-corrected chi connectivity index (χ3v) is 12.0. The first-order valence-electron chi connectivity index (χ1n) is 18.8. The van der Waals surface area contributed by atoms with Gasteiger partial charge in [0, 0.05) is 40.8 Å². The van der Waals surface area contributed by atoms with Crippen molar-refractivity contribution in [2.75, 3.05) is 4.90 Å². The molecule has 0 radical (unpaired) electrons. The van der Waals surface area contributed by atoms with Gasteiger partial charge in [-0.05, 0) is 78.6 Å². The van der Waals surface area contributed by atoms with Gasteiger partial charge < -0.3 is 4.90 Å². The Labute approximate surface area is 295 Å². The van der Waals surface area contributed by atoms with Gasteiger partial charge in [0.25, 0.3) is 0 Å². The first-order valence-corrected chi connectivity index (χ1v) is 18.8. The highest BCUT2D eigenvalue weighted by Gasteiger charge is 2.42. The SMILES string of the molecule is C1=CCCC(C2C=C(c3ccccc3)N=C(n3c4ccccc4c4cc(-c5ccc6c(c5)N(C5C=CC=CC5)C5CCCCC65)ccc43)C2)=C1. The van der Waals surface area contributed by atoms with Crippen molar-refractivity contribution in [1.82, 2.24) is 4.57 Å². The fourth-order valence-electron chi connectivity index (χ4n) is 9.62. The zero-order valence-electron chi connectivity index (χ0n) is 28.6. The molecule has 4 unspecified atom stereocenters. The molecule has 1 saturated carbocycles. The van der Waals surface area contributed by atoms with Gasteiger partial charge in [-0.3, -0.25) is 4.57 Å². The quantitative estimate of drug-likeness (QED) is 0.190. The summed E-state index contributed by atoms with van der Waals surface area (Å²) in [5, 5.41) is 2.58. The number of hydrogen-bond acceptors (Lipinski definition) is 2. The molecule has 0 N–H and O–H groups in total. The van der Waals surface area contributed by atoms with Gasteiger partial charge in [-0.2, -0.15) is 0 Å². The second-order valence-electron chi connectivity index (χ2n) is 14.8. The number of fused-ring (bicyclic) bond motifs is 6. The van der Waals surface area contributed by atoms with E-state index in [-0.39, 0.29) is 0 Å². The summed E-state index contributed by atoms with van der Waals surface area (Å²) < 4.78 is 2.45. The molecule has 5 aliphatic rings. The molecule has 4 atom stereocenters. The summed E-state index contributed by atoms with van der Waals surface area (Å²) in [6, 6.07) is 35.2. The molecule has 5 aromatic rings. The second kappa shape index (κ2) is 12.3. The van der Waals surface area contributed by atoms with Crippen LogP contribution >= 0.6 is 0 Å². The molecule has 3 heterocycles. The largest absolute Gasteiger partial charge is 0.361 e. The third-order valence-electron chi connectivity index (χ3n) is 12.0. The lowest BCUT2D eigenvalue weighted by atomic mass is 9.82. The van der Waals surface area contributed by atoms with E-state index >= 15 is 0 Å². The van der Waals surface area contributed by atoms with Crippen LogP contribution < -0.4 is 4.90 Å². The number of rotatable bonds is 4. The number of allylic oxidation sites excluding steroid dienone is 7. The van der Waals surface area contributed by atoms with Gasteiger partial charge in [-0.1, -0.05) is 134 Å². The molecule has 1 aromatic heterocycles. The maximum absolute atomic E-state index is 5.43. The highest BCUT2D eigenvalue weighted by molar-refractivity contribution is 6.16. The van der Waals surface area contributed by atoms with E-state index in [1.54, 1.807) is 5.56 Å². The minimum atomic E-state index is 0.325. The predicted octanol–water partition coefficient (Wildman–Crippen LogP) is 11.8. The molecule has 3 nitrogen and oxygen atoms in total. The Hall–Kier alpha value is -5.15. The number of nitrogens with zero attached hydrogens (tertiary/aromatic N) is 3. The van der Waals surface area contributed by atoms with Crippen molar-refractivity contribution < 1.29 is 0 Å². The standard InChI is InChI=1S/C47H43N3/c1-4-14-32(15-5-1)36-29-42(33-16-6-2-7-17-33)48-47(31-36)50-44-23-13-11-21-39(44)41-28-34(25-27-45(41)50)35-24-26-40-38-20-10-12-22-43(38)49(46(40)30-35)37-18-8-3-9-19-37/h1-4,6-9,11,13-14,16-18,21,23-30,36-38,43H,5,10,12,15,19-20,22,31H2. The summed E-state index contributed by atoms with van der Waals surface area (Å²) in [6.45, 7) is 0. The van der Waals surface area contributed by atoms with E-state index < -0.39 is 0 Å². The zero-order valence-corrected chi connectivity index (χ0v) is 28.6. The Morgan fingerprint density at radius 1 is 0.700 bits per heavy atom. The Morgan fingerprint density at radius 3 is 2.42 bits per heavy atom. The van der Waals surface area contributed by atoms with E-state index in [9.17, 15) is 0 Å². The van der Waals surface area contributed by atoms with Crippen molar-refractivity contribution in [3.63, 3.8) is 0 Å². The van der Waals surface area contributed by atoms with Crippen LogP contribution in [0.3, 0.4) is 0 Å². The Bertz CT molecular complexity index is 2310. The average Bonchev–Trinajstić information content (AvgIpc) is 3.71. The molecule has 246 valence electrons. The van der Waals surface area contributed by atoms with Crippen molar-refractivity contribution in [2.24, 2.45) is 10.9 Å². The van der Waals surface area contributed by atoms with Crippen molar-refractivity contribution in [3.05, 3.63) is 156 Å². The third kappa shape index (κ3) is 4.97. The number of anilines is 1. The molecule has 10 rings (SSSR count). The van der Waals surface area contributed by atoms with E-state index in [0.717, 1.165) is 37.2 Å². The molecule has 3 heteroatoms. The maximum atomic E-state index is 5.43. The molecule has 0 amide bonds. The summed E-state index contributed by atoms with van der Waals surface area (Å²) in [7, 11) is 0. The molecular formula is C47H43N3. The lowest BCUT2D eigenvalue weighted by Gasteiger charge is -2.38. The van der Waals surface area contributed by atoms with Crippen LogP contribution in [0.25, 0.3) is 38.6 Å². The normalized spacial score (nSPS) is 24.2. The first kappa shape index (κ1) is 29.7. The number of aromatic nitrogens is 1. The Balaban J connectivity index is 1.09. The van der Waals surface area contributed by atoms with E-state index in [2.05, 4.69) is 149 Å². The average molecular weight is 650 g/mol. The van der Waals surface area contributed by atoms with Crippen LogP contribution in [0.4, 0.5) is 5.69 Å². The topological polar surface area (TPSA) is 20.5 Å². The highest BCUT2D eigenvalue weighted by atomic mass is 15.2. The van der Waals surface area contributed by atoms with Crippen LogP contribution in [-0.2, 0) is 0 Å². The van der Waals surface area contributed by atoms with Gasteiger partial charge in [-0.25, -0.2) is 4.99 Å². The van der Waals surface area contributed by atoms with E-state index in [0.29, 0.717) is 23.9 Å². The highest BCUT2D eigenvalue weighted by Crippen LogP contribution is 2.50. The summed E-state index contributed by atoms with van der Waals surface area (Å²) in [5.41, 5.74) is 11.8. The minimum absolute atomic E-state index is 0.325. The predicted molar refractivity (Wildman–Crippen MR) is 211 cm³/mol. The van der Waals surface area contributed by atoms with Crippen molar-refractivity contribution in [2.45, 2.75) is 69.4 Å². The van der Waals surface area contributed by atoms with Gasteiger partial charge in [0.05, 0.1) is 22.8 Å². The summed E-state index contributed by atoms with van der Waals surface area (Å²) in [4.78, 5) is 8.22. The van der Waals surface area contributed by atoms with Gasteiger partial charge >= 0.3 is 0 Å². The lowest BCUT2D eigenvalue weighted by molar-refractivity contribution is 0.376. The monoisotopic (exact) mass is 649 g/mol. The Morgan fingerprint density at radius 2 is 1.54 bits per heavy atom. The molecule has 50 heavy (non-hydrogen) atoms. The molecule has 4 aromatic carbocycles. The minimum Gasteiger partial charge on any atom is -0.361 e. The van der Waals surface area contributed by atoms with E-state index in [4.69, 9.17) is 4.99 Å². The summed E-state index contributed by atoms with van der Waals surface area (Å²) >= 11 is 0. The van der Waals surface area contributed by atoms with Crippen LogP contribution in [0, 0.1) is 5.92 Å². The maximum Gasteiger partial charge on any atom is 0.115 e. The van der Waals surface area contributed by atoms with E-state index in [1.165, 1.54) is 75.4 Å². The van der Waals surface area contributed by atoms with Gasteiger partial charge in [-0.15, -0.1) is 0 Å². The van der Waals surface area contributed by atoms with Crippen LogP contribution in [0.2, 0.25) is 0 Å². The van der Waals surface area contributed by atoms with Crippen LogP contribution in [-0.4, -0.2) is 22.5 Å². The molecule has 1 fully saturated rings. The van der Waals surface area contributed by atoms with Gasteiger partial charge in [0.2, 0.25) is 0 Å². The number of hydrogen-bond donors (Lipinski definition) is 0. The van der Waals surface area contributed by atoms with Crippen LogP contribution in [0.15, 0.2) is 150 Å². The molecular weight excluding hydrogens is 607 g/mol. The number of benzene rings is 4. The fraction of sp³-hybridized carbons (Fsp3) is 0.255. The van der Waals surface area contributed by atoms with Gasteiger partial charge in [0.1, 0.15) is 5.84 Å². The smallest absolute Gasteiger partial charge is 0.115 e. The van der Waals surface area contributed by atoms with Crippen molar-refractivity contribution in [3.8, 4) is 11.1 Å². The van der Waals surface area contributed by atoms with Crippen LogP contribution in [0.5, 0.6) is 0 Å². The molecule has 3 aliphatic carbocycles. The fourth-order valence-corrected chi connectivity index (χ4v) is 9.62. The van der Waals surface area contributed by atoms with Crippen LogP contribution in [0.1, 0.15) is 68.4 Å². The zero-order chi connectivity index (χ0) is 33.0. The van der Waals surface area contributed by atoms with Gasteiger partial charge in [0.15, 0.2) is 0 Å². The molecule has 2 aliphatic heterocycles. The second-order valence-corrected chi connectivity index (χ2v) is 14.8. The summed E-state index contributed by atoms with van der Waals surface area (Å²) in [6.07, 6.45) is 28.0. The Kier molecular flexibility index (Phi) is 7.33. The first-order chi connectivity index (χ1) is 24.8. The van der Waals surface area contributed by atoms with E-state index in [1.807, 2.05) is 0 Å².